The number of halogens is 1. The fourth-order valence-electron chi connectivity index (χ4n) is 6.36. The number of piperidine rings is 1. The molecule has 0 bridgehead atoms. The van der Waals surface area contributed by atoms with E-state index in [-0.39, 0.29) is 12.1 Å². The Morgan fingerprint density at radius 2 is 1.87 bits per heavy atom. The van der Waals surface area contributed by atoms with Gasteiger partial charge >= 0.3 is 0 Å². The zero-order valence-electron chi connectivity index (χ0n) is 22.9. The van der Waals surface area contributed by atoms with Gasteiger partial charge in [0, 0.05) is 50.0 Å². The molecule has 5 rings (SSSR count). The highest BCUT2D eigenvalue weighted by Gasteiger charge is 2.42. The van der Waals surface area contributed by atoms with Gasteiger partial charge in [-0.15, -0.1) is 0 Å². The van der Waals surface area contributed by atoms with E-state index in [1.165, 1.54) is 23.4 Å². The Labute approximate surface area is 236 Å². The zero-order chi connectivity index (χ0) is 27.0. The average Bonchev–Trinajstić information content (AvgIpc) is 3.37. The molecule has 4 unspecified atom stereocenters. The van der Waals surface area contributed by atoms with Crippen LogP contribution in [-0.2, 0) is 11.3 Å². The number of rotatable bonds is 7. The number of aryl methyl sites for hydroxylation is 1. The summed E-state index contributed by atoms with van der Waals surface area (Å²) in [5.41, 5.74) is 6.68. The summed E-state index contributed by atoms with van der Waals surface area (Å²) in [6, 6.07) is 14.6. The fourth-order valence-corrected chi connectivity index (χ4v) is 7.00. The molecule has 8 heteroatoms. The standard InChI is InChI=1S/C30H38ClN5OS/c1-19-14-20(2)18-34(17-19)27-10-9-23(16-25(27)31)36-29(24-15-21(3)35(22(24)4)12-13-37-5)28(33-30(36)38)26-8-6-7-11-32-26/h6-11,15-16,19-20,28-29H,12-14,17-18H2,1-5H3,(H,33,38). The quantitative estimate of drug-likeness (QED) is 0.340. The molecule has 0 spiro atoms. The summed E-state index contributed by atoms with van der Waals surface area (Å²) in [6.45, 7) is 12.5. The van der Waals surface area contributed by atoms with Gasteiger partial charge < -0.3 is 24.4 Å². The second-order valence-corrected chi connectivity index (χ2v) is 11.7. The van der Waals surface area contributed by atoms with Gasteiger partial charge in [-0.2, -0.15) is 0 Å². The Morgan fingerprint density at radius 3 is 2.53 bits per heavy atom. The van der Waals surface area contributed by atoms with E-state index in [0.717, 1.165) is 41.7 Å². The minimum Gasteiger partial charge on any atom is -0.383 e. The number of pyridine rings is 1. The van der Waals surface area contributed by atoms with Crippen LogP contribution in [0.25, 0.3) is 0 Å². The van der Waals surface area contributed by atoms with Gasteiger partial charge in [0.1, 0.15) is 0 Å². The summed E-state index contributed by atoms with van der Waals surface area (Å²) in [6.07, 6.45) is 3.10. The van der Waals surface area contributed by atoms with Crippen molar-refractivity contribution >= 4 is 40.3 Å². The minimum absolute atomic E-state index is 0.0724. The van der Waals surface area contributed by atoms with Gasteiger partial charge in [0.15, 0.2) is 5.11 Å². The molecule has 1 aromatic carbocycles. The molecule has 0 amide bonds. The third kappa shape index (κ3) is 5.16. The van der Waals surface area contributed by atoms with Crippen molar-refractivity contribution in [2.24, 2.45) is 11.8 Å². The van der Waals surface area contributed by atoms with Crippen molar-refractivity contribution in [2.45, 2.75) is 52.7 Å². The molecule has 6 nitrogen and oxygen atoms in total. The van der Waals surface area contributed by atoms with Crippen LogP contribution in [0.1, 0.15) is 55.0 Å². The van der Waals surface area contributed by atoms with Crippen LogP contribution in [0, 0.1) is 25.7 Å². The van der Waals surface area contributed by atoms with Gasteiger partial charge in [-0.1, -0.05) is 31.5 Å². The first-order chi connectivity index (χ1) is 18.3. The average molecular weight is 552 g/mol. The van der Waals surface area contributed by atoms with E-state index < -0.39 is 0 Å². The Bertz CT molecular complexity index is 1290. The van der Waals surface area contributed by atoms with Crippen LogP contribution in [0.3, 0.4) is 0 Å². The van der Waals surface area contributed by atoms with Gasteiger partial charge in [-0.3, -0.25) is 4.98 Å². The molecule has 38 heavy (non-hydrogen) atoms. The Morgan fingerprint density at radius 1 is 1.11 bits per heavy atom. The van der Waals surface area contributed by atoms with Crippen molar-refractivity contribution in [1.29, 1.82) is 0 Å². The highest BCUT2D eigenvalue weighted by Crippen LogP contribution is 2.45. The van der Waals surface area contributed by atoms with Gasteiger partial charge in [0.2, 0.25) is 0 Å². The Balaban J connectivity index is 1.55. The number of aromatic nitrogens is 2. The summed E-state index contributed by atoms with van der Waals surface area (Å²) in [4.78, 5) is 9.36. The van der Waals surface area contributed by atoms with Crippen LogP contribution in [0.5, 0.6) is 0 Å². The summed E-state index contributed by atoms with van der Waals surface area (Å²) in [7, 11) is 1.74. The largest absolute Gasteiger partial charge is 0.383 e. The summed E-state index contributed by atoms with van der Waals surface area (Å²) >= 11 is 13.0. The highest BCUT2D eigenvalue weighted by molar-refractivity contribution is 7.80. The van der Waals surface area contributed by atoms with Gasteiger partial charge in [-0.05, 0) is 86.3 Å². The molecule has 1 N–H and O–H groups in total. The predicted octanol–water partition coefficient (Wildman–Crippen LogP) is 6.46. The van der Waals surface area contributed by atoms with Crippen molar-refractivity contribution < 1.29 is 4.74 Å². The van der Waals surface area contributed by atoms with Crippen LogP contribution >= 0.6 is 23.8 Å². The van der Waals surface area contributed by atoms with Crippen LogP contribution in [0.4, 0.5) is 11.4 Å². The lowest BCUT2D eigenvalue weighted by molar-refractivity contribution is 0.186. The smallest absolute Gasteiger partial charge is 0.174 e. The molecule has 2 aliphatic heterocycles. The number of hydrogen-bond donors (Lipinski definition) is 1. The maximum atomic E-state index is 6.99. The molecule has 2 aromatic heterocycles. The molecule has 0 radical (unpaired) electrons. The fraction of sp³-hybridized carbons (Fsp3) is 0.467. The number of methoxy groups -OCH3 is 1. The maximum absolute atomic E-state index is 6.99. The lowest BCUT2D eigenvalue weighted by atomic mass is 9.91. The van der Waals surface area contributed by atoms with Crippen molar-refractivity contribution in [3.05, 3.63) is 76.3 Å². The lowest BCUT2D eigenvalue weighted by Gasteiger charge is -2.37. The number of nitrogens with zero attached hydrogens (tertiary/aromatic N) is 4. The highest BCUT2D eigenvalue weighted by atomic mass is 35.5. The lowest BCUT2D eigenvalue weighted by Crippen LogP contribution is -2.38. The molecule has 0 saturated carbocycles. The van der Waals surface area contributed by atoms with Crippen molar-refractivity contribution in [3.8, 4) is 0 Å². The second kappa shape index (κ2) is 11.2. The molecule has 4 heterocycles. The third-order valence-corrected chi connectivity index (χ3v) is 8.58. The van der Waals surface area contributed by atoms with Gasteiger partial charge in [0.25, 0.3) is 0 Å². The van der Waals surface area contributed by atoms with E-state index >= 15 is 0 Å². The van der Waals surface area contributed by atoms with E-state index in [1.807, 2.05) is 18.3 Å². The summed E-state index contributed by atoms with van der Waals surface area (Å²) < 4.78 is 7.71. The number of benzene rings is 1. The maximum Gasteiger partial charge on any atom is 0.174 e. The number of thiocarbonyl (C=S) groups is 1. The Kier molecular flexibility index (Phi) is 7.98. The first kappa shape index (κ1) is 27.0. The zero-order valence-corrected chi connectivity index (χ0v) is 24.5. The third-order valence-electron chi connectivity index (χ3n) is 7.97. The molecular formula is C30H38ClN5OS. The monoisotopic (exact) mass is 551 g/mol. The first-order valence-corrected chi connectivity index (χ1v) is 14.3. The van der Waals surface area contributed by atoms with Crippen LogP contribution in [0.2, 0.25) is 5.02 Å². The van der Waals surface area contributed by atoms with Crippen LogP contribution in [0.15, 0.2) is 48.7 Å². The number of ether oxygens (including phenoxy) is 1. The first-order valence-electron chi connectivity index (χ1n) is 13.5. The van der Waals surface area contributed by atoms with Crippen molar-refractivity contribution in [3.63, 3.8) is 0 Å². The van der Waals surface area contributed by atoms with Gasteiger partial charge in [0.05, 0.1) is 35.1 Å². The molecule has 4 atom stereocenters. The minimum atomic E-state index is -0.0951. The molecule has 3 aromatic rings. The number of anilines is 2. The molecule has 0 aliphatic carbocycles. The number of hydrogen-bond acceptors (Lipinski definition) is 4. The molecule has 2 fully saturated rings. The summed E-state index contributed by atoms with van der Waals surface area (Å²) in [5, 5.41) is 5.02. The SMILES string of the molecule is COCCn1c(C)cc(C2C(c3ccccn3)NC(=S)N2c2ccc(N3CC(C)CC(C)C3)c(Cl)c2)c1C. The summed E-state index contributed by atoms with van der Waals surface area (Å²) in [5.74, 6) is 1.31. The normalized spacial score (nSPS) is 23.7. The van der Waals surface area contributed by atoms with Gasteiger partial charge in [-0.25, -0.2) is 0 Å². The molecule has 202 valence electrons. The predicted molar refractivity (Wildman–Crippen MR) is 160 cm³/mol. The van der Waals surface area contributed by atoms with Crippen LogP contribution in [-0.4, -0.2) is 41.5 Å². The molecule has 2 saturated heterocycles. The number of nitrogens with one attached hydrogen (secondary N) is 1. The van der Waals surface area contributed by atoms with E-state index in [9.17, 15) is 0 Å². The van der Waals surface area contributed by atoms with Crippen LogP contribution < -0.4 is 15.1 Å². The van der Waals surface area contributed by atoms with E-state index in [0.29, 0.717) is 23.6 Å². The second-order valence-electron chi connectivity index (χ2n) is 11.0. The Hall–Kier alpha value is -2.61. The topological polar surface area (TPSA) is 45.6 Å². The van der Waals surface area contributed by atoms with E-state index in [2.05, 4.69) is 77.7 Å². The molecular weight excluding hydrogens is 514 g/mol. The van der Waals surface area contributed by atoms with Crippen molar-refractivity contribution in [2.75, 3.05) is 36.6 Å². The van der Waals surface area contributed by atoms with E-state index in [4.69, 9.17) is 33.5 Å². The van der Waals surface area contributed by atoms with Crippen molar-refractivity contribution in [1.82, 2.24) is 14.9 Å². The van der Waals surface area contributed by atoms with E-state index in [1.54, 1.807) is 7.11 Å². The molecule has 2 aliphatic rings.